The molecule has 0 aromatic heterocycles. The Morgan fingerprint density at radius 2 is 1.19 bits per heavy atom. The van der Waals surface area contributed by atoms with Gasteiger partial charge in [-0.05, 0) is 43.5 Å². The maximum absolute atomic E-state index is 13.0. The zero-order chi connectivity index (χ0) is 21.7. The number of amides is 1. The summed E-state index contributed by atoms with van der Waals surface area (Å²) in [5.74, 6) is 0.360. The highest BCUT2D eigenvalue weighted by Gasteiger charge is 2.52. The molecule has 1 aliphatic heterocycles. The fourth-order valence-electron chi connectivity index (χ4n) is 4.63. The van der Waals surface area contributed by atoms with Crippen molar-refractivity contribution in [2.45, 2.75) is 45.4 Å². The summed E-state index contributed by atoms with van der Waals surface area (Å²) in [5.41, 5.74) is 3.70. The quantitative estimate of drug-likeness (QED) is 0.432. The smallest absolute Gasteiger partial charge is 0.228 e. The summed E-state index contributed by atoms with van der Waals surface area (Å²) >= 11 is 0. The highest BCUT2D eigenvalue weighted by molar-refractivity contribution is 5.87. The number of carbonyl (C=O) groups is 1. The molecule has 1 atom stereocenters. The summed E-state index contributed by atoms with van der Waals surface area (Å²) in [4.78, 5) is 17.5. The molecule has 1 aliphatic rings. The normalized spacial score (nSPS) is 17.6. The second kappa shape index (κ2) is 9.49. The van der Waals surface area contributed by atoms with E-state index < -0.39 is 0 Å². The van der Waals surface area contributed by atoms with Crippen molar-refractivity contribution < 1.29 is 4.79 Å². The lowest BCUT2D eigenvalue weighted by Gasteiger charge is -2.54. The molecule has 1 unspecified atom stereocenters. The SMILES string of the molecule is CC1(C)C(CCN(Cc2ccccc2)Cc2ccccc2)C(=O)N1Cc1ccccc1. The van der Waals surface area contributed by atoms with Gasteiger partial charge in [-0.3, -0.25) is 9.69 Å². The maximum Gasteiger partial charge on any atom is 0.228 e. The molecule has 1 heterocycles. The summed E-state index contributed by atoms with van der Waals surface area (Å²) in [6.07, 6.45) is 0.886. The fraction of sp³-hybridized carbons (Fsp3) is 0.321. The molecule has 0 aliphatic carbocycles. The number of likely N-dealkylation sites (tertiary alicyclic amines) is 1. The third-order valence-electron chi connectivity index (χ3n) is 6.53. The first-order valence-electron chi connectivity index (χ1n) is 11.2. The zero-order valence-electron chi connectivity index (χ0n) is 18.6. The molecule has 3 aromatic rings. The number of rotatable bonds is 9. The van der Waals surface area contributed by atoms with Crippen LogP contribution in [0.3, 0.4) is 0 Å². The molecular weight excluding hydrogens is 380 g/mol. The highest BCUT2D eigenvalue weighted by atomic mass is 16.2. The van der Waals surface area contributed by atoms with Crippen molar-refractivity contribution in [3.63, 3.8) is 0 Å². The molecule has 31 heavy (non-hydrogen) atoms. The first kappa shape index (κ1) is 21.3. The standard InChI is InChI=1S/C28H32N2O/c1-28(2)26(27(31)30(28)22-25-16-10-5-11-17-25)18-19-29(20-23-12-6-3-7-13-23)21-24-14-8-4-9-15-24/h3-17,26H,18-22H2,1-2H3. The lowest BCUT2D eigenvalue weighted by molar-refractivity contribution is -0.169. The molecule has 3 nitrogen and oxygen atoms in total. The second-order valence-corrected chi connectivity index (χ2v) is 9.09. The minimum atomic E-state index is -0.113. The number of nitrogens with zero attached hydrogens (tertiary/aromatic N) is 2. The zero-order valence-corrected chi connectivity index (χ0v) is 18.6. The van der Waals surface area contributed by atoms with Gasteiger partial charge in [-0.15, -0.1) is 0 Å². The first-order chi connectivity index (χ1) is 15.0. The predicted molar refractivity (Wildman–Crippen MR) is 126 cm³/mol. The van der Waals surface area contributed by atoms with Gasteiger partial charge >= 0.3 is 0 Å². The molecule has 0 saturated carbocycles. The summed E-state index contributed by atoms with van der Waals surface area (Å²) in [7, 11) is 0. The Hall–Kier alpha value is -2.91. The minimum absolute atomic E-state index is 0.0743. The van der Waals surface area contributed by atoms with E-state index in [2.05, 4.69) is 91.5 Å². The van der Waals surface area contributed by atoms with Crippen molar-refractivity contribution in [1.29, 1.82) is 0 Å². The lowest BCUT2D eigenvalue weighted by atomic mass is 9.73. The van der Waals surface area contributed by atoms with Gasteiger partial charge in [-0.25, -0.2) is 0 Å². The van der Waals surface area contributed by atoms with Crippen molar-refractivity contribution >= 4 is 5.91 Å². The van der Waals surface area contributed by atoms with Crippen molar-refractivity contribution in [1.82, 2.24) is 9.80 Å². The van der Waals surface area contributed by atoms with E-state index >= 15 is 0 Å². The Labute approximate surface area is 186 Å². The number of hydrogen-bond acceptors (Lipinski definition) is 2. The van der Waals surface area contributed by atoms with Crippen LogP contribution in [0.1, 0.15) is 37.0 Å². The molecule has 0 radical (unpaired) electrons. The average molecular weight is 413 g/mol. The fourth-order valence-corrected chi connectivity index (χ4v) is 4.63. The van der Waals surface area contributed by atoms with E-state index in [-0.39, 0.29) is 17.4 Å². The first-order valence-corrected chi connectivity index (χ1v) is 11.2. The van der Waals surface area contributed by atoms with Crippen LogP contribution >= 0.6 is 0 Å². The van der Waals surface area contributed by atoms with Crippen LogP contribution in [0.4, 0.5) is 0 Å². The number of β-lactam (4-membered cyclic amide) rings is 1. The number of carbonyl (C=O) groups excluding carboxylic acids is 1. The van der Waals surface area contributed by atoms with E-state index in [1.165, 1.54) is 16.7 Å². The van der Waals surface area contributed by atoms with E-state index in [1.54, 1.807) is 0 Å². The van der Waals surface area contributed by atoms with E-state index in [0.717, 1.165) is 26.1 Å². The maximum atomic E-state index is 13.0. The topological polar surface area (TPSA) is 23.6 Å². The Bertz CT molecular complexity index is 928. The van der Waals surface area contributed by atoms with Crippen LogP contribution in [0, 0.1) is 5.92 Å². The van der Waals surface area contributed by atoms with E-state index in [9.17, 15) is 4.79 Å². The Morgan fingerprint density at radius 3 is 1.65 bits per heavy atom. The molecular formula is C28H32N2O. The molecule has 3 heteroatoms. The summed E-state index contributed by atoms with van der Waals surface area (Å²) < 4.78 is 0. The van der Waals surface area contributed by atoms with Crippen LogP contribution in [-0.2, 0) is 24.4 Å². The van der Waals surface area contributed by atoms with Gasteiger partial charge in [0.15, 0.2) is 0 Å². The van der Waals surface area contributed by atoms with E-state index in [4.69, 9.17) is 0 Å². The summed E-state index contributed by atoms with van der Waals surface area (Å²) in [5, 5.41) is 0. The van der Waals surface area contributed by atoms with Gasteiger partial charge in [0.25, 0.3) is 0 Å². The monoisotopic (exact) mass is 412 g/mol. The van der Waals surface area contributed by atoms with Crippen LogP contribution in [0.15, 0.2) is 91.0 Å². The predicted octanol–water partition coefficient (Wildman–Crippen LogP) is 5.52. The van der Waals surface area contributed by atoms with E-state index in [1.807, 2.05) is 23.1 Å². The Balaban J connectivity index is 1.41. The van der Waals surface area contributed by atoms with Crippen LogP contribution < -0.4 is 0 Å². The average Bonchev–Trinajstić information content (AvgIpc) is 2.79. The second-order valence-electron chi connectivity index (χ2n) is 9.09. The van der Waals surface area contributed by atoms with Crippen LogP contribution in [0.25, 0.3) is 0 Å². The number of benzene rings is 3. The molecule has 0 spiro atoms. The van der Waals surface area contributed by atoms with Gasteiger partial charge in [0.1, 0.15) is 0 Å². The highest BCUT2D eigenvalue weighted by Crippen LogP contribution is 2.40. The summed E-state index contributed by atoms with van der Waals surface area (Å²) in [6.45, 7) is 7.81. The van der Waals surface area contributed by atoms with Crippen molar-refractivity contribution in [3.05, 3.63) is 108 Å². The van der Waals surface area contributed by atoms with Crippen molar-refractivity contribution in [2.24, 2.45) is 5.92 Å². The molecule has 3 aromatic carbocycles. The molecule has 0 bridgehead atoms. The van der Waals surface area contributed by atoms with Crippen molar-refractivity contribution in [2.75, 3.05) is 6.54 Å². The molecule has 1 amide bonds. The molecule has 1 saturated heterocycles. The van der Waals surface area contributed by atoms with Crippen molar-refractivity contribution in [3.8, 4) is 0 Å². The molecule has 1 fully saturated rings. The summed E-state index contributed by atoms with van der Waals surface area (Å²) in [6, 6.07) is 31.5. The number of hydrogen-bond donors (Lipinski definition) is 0. The van der Waals surface area contributed by atoms with Crippen LogP contribution in [0.2, 0.25) is 0 Å². The molecule has 4 rings (SSSR count). The van der Waals surface area contributed by atoms with Gasteiger partial charge < -0.3 is 4.90 Å². The van der Waals surface area contributed by atoms with Gasteiger partial charge in [0.05, 0.1) is 5.92 Å². The Kier molecular flexibility index (Phi) is 6.53. The van der Waals surface area contributed by atoms with Gasteiger partial charge in [0.2, 0.25) is 5.91 Å². The van der Waals surface area contributed by atoms with E-state index in [0.29, 0.717) is 6.54 Å². The Morgan fingerprint density at radius 1 is 0.742 bits per heavy atom. The van der Waals surface area contributed by atoms with Crippen LogP contribution in [-0.4, -0.2) is 27.8 Å². The van der Waals surface area contributed by atoms with Gasteiger partial charge in [-0.1, -0.05) is 91.0 Å². The van der Waals surface area contributed by atoms with Crippen LogP contribution in [0.5, 0.6) is 0 Å². The molecule has 160 valence electrons. The van der Waals surface area contributed by atoms with Gasteiger partial charge in [-0.2, -0.15) is 0 Å². The largest absolute Gasteiger partial charge is 0.332 e. The third-order valence-corrected chi connectivity index (χ3v) is 6.53. The minimum Gasteiger partial charge on any atom is -0.332 e. The van der Waals surface area contributed by atoms with Gasteiger partial charge in [0, 0.05) is 25.2 Å². The molecule has 0 N–H and O–H groups in total. The lowest BCUT2D eigenvalue weighted by Crippen LogP contribution is -2.67. The third kappa shape index (κ3) is 5.05.